The number of aromatic nitrogens is 1. The molecule has 0 radical (unpaired) electrons. The van der Waals surface area contributed by atoms with Gasteiger partial charge in [-0.15, -0.1) is 12.4 Å². The van der Waals surface area contributed by atoms with Gasteiger partial charge in [-0.1, -0.05) is 24.3 Å². The van der Waals surface area contributed by atoms with Crippen LogP contribution in [0.2, 0.25) is 0 Å². The zero-order valence-electron chi connectivity index (χ0n) is 12.0. The van der Waals surface area contributed by atoms with Crippen molar-refractivity contribution in [3.8, 4) is 0 Å². The number of hydrogen-bond donors (Lipinski definition) is 2. The van der Waals surface area contributed by atoms with Gasteiger partial charge in [-0.25, -0.2) is 13.1 Å². The molecule has 0 saturated heterocycles. The molecule has 2 aromatic rings. The first kappa shape index (κ1) is 17.8. The number of nitrogens with one attached hydrogen (secondary N) is 1. The van der Waals surface area contributed by atoms with Crippen LogP contribution in [0.4, 0.5) is 0 Å². The lowest BCUT2D eigenvalue weighted by atomic mass is 10.1. The first-order chi connectivity index (χ1) is 9.33. The number of para-hydroxylation sites is 1. The number of pyridine rings is 1. The lowest BCUT2D eigenvalue weighted by Crippen LogP contribution is -2.49. The zero-order chi connectivity index (χ0) is 14.8. The minimum atomic E-state index is -3.47. The van der Waals surface area contributed by atoms with Gasteiger partial charge in [0.25, 0.3) is 0 Å². The smallest absolute Gasteiger partial charge is 0.216 e. The van der Waals surface area contributed by atoms with E-state index in [1.807, 2.05) is 24.3 Å². The van der Waals surface area contributed by atoms with Crippen LogP contribution >= 0.6 is 12.4 Å². The van der Waals surface area contributed by atoms with E-state index in [1.165, 1.54) is 0 Å². The third-order valence-electron chi connectivity index (χ3n) is 3.00. The maximum Gasteiger partial charge on any atom is 0.216 e. The molecule has 0 aliphatic rings. The lowest BCUT2D eigenvalue weighted by Gasteiger charge is -2.23. The number of fused-ring (bicyclic) bond motifs is 1. The van der Waals surface area contributed by atoms with Gasteiger partial charge in [-0.2, -0.15) is 0 Å². The van der Waals surface area contributed by atoms with Crippen molar-refractivity contribution in [3.05, 3.63) is 42.1 Å². The fourth-order valence-corrected chi connectivity index (χ4v) is 3.63. The molecule has 0 aliphatic carbocycles. The molecule has 0 amide bonds. The van der Waals surface area contributed by atoms with Crippen LogP contribution in [0.1, 0.15) is 19.4 Å². The Labute approximate surface area is 131 Å². The van der Waals surface area contributed by atoms with Crippen LogP contribution in [0.5, 0.6) is 0 Å². The average Bonchev–Trinajstić information content (AvgIpc) is 2.37. The molecule has 0 atom stereocenters. The van der Waals surface area contributed by atoms with Crippen LogP contribution in [0, 0.1) is 0 Å². The van der Waals surface area contributed by atoms with Crippen molar-refractivity contribution >= 4 is 33.3 Å². The maximum absolute atomic E-state index is 12.2. The SMILES string of the molecule is CC(C)(CN)NS(=O)(=O)Cc1cccc2cccnc12.Cl. The summed E-state index contributed by atoms with van der Waals surface area (Å²) in [6.07, 6.45) is 1.66. The third-order valence-corrected chi connectivity index (χ3v) is 4.56. The van der Waals surface area contributed by atoms with E-state index < -0.39 is 15.6 Å². The number of hydrogen-bond acceptors (Lipinski definition) is 4. The van der Waals surface area contributed by atoms with Crippen molar-refractivity contribution in [2.24, 2.45) is 5.73 Å². The van der Waals surface area contributed by atoms with Crippen molar-refractivity contribution in [2.45, 2.75) is 25.1 Å². The molecule has 0 saturated carbocycles. The highest BCUT2D eigenvalue weighted by molar-refractivity contribution is 7.88. The van der Waals surface area contributed by atoms with Crippen LogP contribution in [0.25, 0.3) is 10.9 Å². The summed E-state index contributed by atoms with van der Waals surface area (Å²) in [4.78, 5) is 4.27. The van der Waals surface area contributed by atoms with Gasteiger partial charge in [-0.05, 0) is 25.5 Å². The molecule has 1 aromatic carbocycles. The summed E-state index contributed by atoms with van der Waals surface area (Å²) in [6.45, 7) is 3.75. The summed E-state index contributed by atoms with van der Waals surface area (Å²) in [6, 6.07) is 9.27. The molecule has 1 aromatic heterocycles. The summed E-state index contributed by atoms with van der Waals surface area (Å²) in [7, 11) is -3.47. The number of rotatable bonds is 5. The lowest BCUT2D eigenvalue weighted by molar-refractivity contribution is 0.462. The van der Waals surface area contributed by atoms with Crippen molar-refractivity contribution in [3.63, 3.8) is 0 Å². The van der Waals surface area contributed by atoms with E-state index in [0.29, 0.717) is 11.1 Å². The molecule has 0 spiro atoms. The number of benzene rings is 1. The summed E-state index contributed by atoms with van der Waals surface area (Å²) < 4.78 is 27.1. The normalized spacial score (nSPS) is 12.1. The van der Waals surface area contributed by atoms with Crippen molar-refractivity contribution < 1.29 is 8.42 Å². The zero-order valence-corrected chi connectivity index (χ0v) is 13.7. The number of nitrogens with zero attached hydrogens (tertiary/aromatic N) is 1. The predicted molar refractivity (Wildman–Crippen MR) is 87.9 cm³/mol. The Hall–Kier alpha value is -1.21. The van der Waals surface area contributed by atoms with Gasteiger partial charge >= 0.3 is 0 Å². The van der Waals surface area contributed by atoms with Gasteiger partial charge in [0.15, 0.2) is 0 Å². The second-order valence-corrected chi connectivity index (χ2v) is 7.16. The molecule has 0 unspecified atom stereocenters. The van der Waals surface area contributed by atoms with Gasteiger partial charge in [-0.3, -0.25) is 4.98 Å². The van der Waals surface area contributed by atoms with E-state index in [2.05, 4.69) is 9.71 Å². The summed E-state index contributed by atoms with van der Waals surface area (Å²) in [5, 5.41) is 0.929. The van der Waals surface area contributed by atoms with Crippen molar-refractivity contribution in [1.29, 1.82) is 0 Å². The van der Waals surface area contributed by atoms with E-state index >= 15 is 0 Å². The van der Waals surface area contributed by atoms with Crippen molar-refractivity contribution in [1.82, 2.24) is 9.71 Å². The molecule has 0 aliphatic heterocycles. The van der Waals surface area contributed by atoms with Crippen LogP contribution in [0.15, 0.2) is 36.5 Å². The van der Waals surface area contributed by atoms with E-state index in [1.54, 1.807) is 26.1 Å². The summed E-state index contributed by atoms with van der Waals surface area (Å²) in [5.41, 5.74) is 6.30. The maximum atomic E-state index is 12.2. The molecule has 0 bridgehead atoms. The fourth-order valence-electron chi connectivity index (χ4n) is 1.99. The van der Waals surface area contributed by atoms with Crippen LogP contribution in [-0.2, 0) is 15.8 Å². The van der Waals surface area contributed by atoms with E-state index in [0.717, 1.165) is 5.39 Å². The summed E-state index contributed by atoms with van der Waals surface area (Å²) >= 11 is 0. The molecule has 7 heteroatoms. The van der Waals surface area contributed by atoms with Crippen LogP contribution in [-0.4, -0.2) is 25.5 Å². The molecule has 1 heterocycles. The standard InChI is InChI=1S/C14H19N3O2S.ClH/c1-14(2,10-15)17-20(18,19)9-12-6-3-5-11-7-4-8-16-13(11)12;/h3-8,17H,9-10,15H2,1-2H3;1H. The number of halogens is 1. The Morgan fingerprint density at radius 3 is 2.57 bits per heavy atom. The highest BCUT2D eigenvalue weighted by Gasteiger charge is 2.24. The average molecular weight is 330 g/mol. The molecule has 5 nitrogen and oxygen atoms in total. The quantitative estimate of drug-likeness (QED) is 0.876. The van der Waals surface area contributed by atoms with Gasteiger partial charge in [0, 0.05) is 23.7 Å². The van der Waals surface area contributed by atoms with Crippen LogP contribution < -0.4 is 10.5 Å². The van der Waals surface area contributed by atoms with E-state index in [4.69, 9.17) is 5.73 Å². The molecule has 2 rings (SSSR count). The largest absolute Gasteiger partial charge is 0.329 e. The first-order valence-electron chi connectivity index (χ1n) is 6.37. The third kappa shape index (κ3) is 4.64. The van der Waals surface area contributed by atoms with Crippen molar-refractivity contribution in [2.75, 3.05) is 6.54 Å². The van der Waals surface area contributed by atoms with Gasteiger partial charge in [0.05, 0.1) is 11.3 Å². The second kappa shape index (κ2) is 6.70. The minimum absolute atomic E-state index is 0. The van der Waals surface area contributed by atoms with Gasteiger partial charge in [0.2, 0.25) is 10.0 Å². The number of nitrogens with two attached hydrogens (primary N) is 1. The Kier molecular flexibility index (Phi) is 5.69. The molecule has 0 fully saturated rings. The predicted octanol–water partition coefficient (Wildman–Crippen LogP) is 1.81. The molecule has 3 N–H and O–H groups in total. The monoisotopic (exact) mass is 329 g/mol. The number of sulfonamides is 1. The van der Waals surface area contributed by atoms with Crippen LogP contribution in [0.3, 0.4) is 0 Å². The fraction of sp³-hybridized carbons (Fsp3) is 0.357. The Bertz CT molecular complexity index is 712. The molecular weight excluding hydrogens is 310 g/mol. The minimum Gasteiger partial charge on any atom is -0.329 e. The highest BCUT2D eigenvalue weighted by Crippen LogP contribution is 2.18. The highest BCUT2D eigenvalue weighted by atomic mass is 35.5. The molecular formula is C14H20ClN3O2S. The Morgan fingerprint density at radius 2 is 1.90 bits per heavy atom. The first-order valence-corrected chi connectivity index (χ1v) is 8.02. The molecule has 21 heavy (non-hydrogen) atoms. The summed E-state index contributed by atoms with van der Waals surface area (Å²) in [5.74, 6) is -0.106. The van der Waals surface area contributed by atoms with Gasteiger partial charge < -0.3 is 5.73 Å². The van der Waals surface area contributed by atoms with Gasteiger partial charge in [0.1, 0.15) is 0 Å². The second-order valence-electron chi connectivity index (χ2n) is 5.44. The van der Waals surface area contributed by atoms with E-state index in [9.17, 15) is 8.42 Å². The Balaban J connectivity index is 0.00000220. The topological polar surface area (TPSA) is 85.1 Å². The van der Waals surface area contributed by atoms with E-state index in [-0.39, 0.29) is 24.7 Å². The molecule has 116 valence electrons. The Morgan fingerprint density at radius 1 is 1.24 bits per heavy atom.